The van der Waals surface area contributed by atoms with Crippen LogP contribution in [0.2, 0.25) is 0 Å². The predicted octanol–water partition coefficient (Wildman–Crippen LogP) is 3.69. The number of aromatic amines is 1. The molecule has 23 heavy (non-hydrogen) atoms. The van der Waals surface area contributed by atoms with E-state index in [1.54, 1.807) is 6.20 Å². The fourth-order valence-electron chi connectivity index (χ4n) is 2.74. The molecule has 2 N–H and O–H groups in total. The summed E-state index contributed by atoms with van der Waals surface area (Å²) in [5.41, 5.74) is 4.29. The molecule has 4 rings (SSSR count). The van der Waals surface area contributed by atoms with E-state index in [4.69, 9.17) is 9.40 Å². The highest BCUT2D eigenvalue weighted by Gasteiger charge is 2.12. The Morgan fingerprint density at radius 1 is 1.13 bits per heavy atom. The van der Waals surface area contributed by atoms with Crippen molar-refractivity contribution in [1.82, 2.24) is 15.2 Å². The Bertz CT molecular complexity index is 971. The summed E-state index contributed by atoms with van der Waals surface area (Å²) in [7, 11) is 0. The second kappa shape index (κ2) is 5.37. The monoisotopic (exact) mass is 305 g/mol. The van der Waals surface area contributed by atoms with Gasteiger partial charge in [0.05, 0.1) is 12.1 Å². The first kappa shape index (κ1) is 13.7. The summed E-state index contributed by atoms with van der Waals surface area (Å²) in [6.45, 7) is 2.00. The number of nitrogens with one attached hydrogen (secondary N) is 1. The van der Waals surface area contributed by atoms with Crippen molar-refractivity contribution in [2.75, 3.05) is 0 Å². The van der Waals surface area contributed by atoms with Gasteiger partial charge in [0, 0.05) is 17.1 Å². The van der Waals surface area contributed by atoms with Gasteiger partial charge in [-0.05, 0) is 36.8 Å². The molecule has 0 bridgehead atoms. The molecule has 3 heterocycles. The number of pyridine rings is 1. The molecule has 0 aliphatic carbocycles. The summed E-state index contributed by atoms with van der Waals surface area (Å²) < 4.78 is 5.90. The van der Waals surface area contributed by atoms with Crippen LogP contribution in [-0.2, 0) is 6.61 Å². The van der Waals surface area contributed by atoms with Gasteiger partial charge >= 0.3 is 0 Å². The third kappa shape index (κ3) is 2.31. The normalized spacial score (nSPS) is 11.2. The van der Waals surface area contributed by atoms with Gasteiger partial charge in [-0.25, -0.2) is 4.98 Å². The maximum absolute atomic E-state index is 9.54. The van der Waals surface area contributed by atoms with E-state index in [1.807, 2.05) is 49.4 Å². The average molecular weight is 305 g/mol. The number of rotatable bonds is 3. The zero-order valence-electron chi connectivity index (χ0n) is 12.6. The van der Waals surface area contributed by atoms with Crippen LogP contribution in [0.15, 0.2) is 53.1 Å². The van der Waals surface area contributed by atoms with Gasteiger partial charge in [0.1, 0.15) is 11.4 Å². The number of nitrogens with zero attached hydrogens (tertiary/aromatic N) is 2. The van der Waals surface area contributed by atoms with Gasteiger partial charge in [-0.15, -0.1) is 0 Å². The summed E-state index contributed by atoms with van der Waals surface area (Å²) in [6, 6.07) is 13.5. The lowest BCUT2D eigenvalue weighted by Crippen LogP contribution is -1.93. The summed E-state index contributed by atoms with van der Waals surface area (Å²) >= 11 is 0. The molecule has 0 radical (unpaired) electrons. The molecule has 0 saturated heterocycles. The maximum Gasteiger partial charge on any atom is 0.153 e. The number of para-hydroxylation sites is 1. The number of hydrogen-bond donors (Lipinski definition) is 2. The van der Waals surface area contributed by atoms with Crippen LogP contribution >= 0.6 is 0 Å². The topological polar surface area (TPSA) is 74.9 Å². The Morgan fingerprint density at radius 3 is 2.78 bits per heavy atom. The van der Waals surface area contributed by atoms with Gasteiger partial charge in [0.25, 0.3) is 0 Å². The number of aryl methyl sites for hydroxylation is 1. The van der Waals surface area contributed by atoms with Crippen molar-refractivity contribution in [3.63, 3.8) is 0 Å². The van der Waals surface area contributed by atoms with Crippen LogP contribution in [0.1, 0.15) is 11.1 Å². The highest BCUT2D eigenvalue weighted by molar-refractivity contribution is 5.87. The van der Waals surface area contributed by atoms with E-state index >= 15 is 0 Å². The van der Waals surface area contributed by atoms with Crippen LogP contribution in [0.3, 0.4) is 0 Å². The van der Waals surface area contributed by atoms with Crippen molar-refractivity contribution in [3.8, 4) is 22.9 Å². The molecule has 1 aromatic carbocycles. The summed E-state index contributed by atoms with van der Waals surface area (Å²) in [6.07, 6.45) is 1.68. The van der Waals surface area contributed by atoms with Gasteiger partial charge in [-0.1, -0.05) is 18.2 Å². The number of H-pyrrole nitrogens is 1. The Morgan fingerprint density at radius 2 is 2.00 bits per heavy atom. The molecular weight excluding hydrogens is 290 g/mol. The fourth-order valence-corrected chi connectivity index (χ4v) is 2.74. The second-order valence-electron chi connectivity index (χ2n) is 5.43. The van der Waals surface area contributed by atoms with Crippen LogP contribution in [0.25, 0.3) is 33.8 Å². The lowest BCUT2D eigenvalue weighted by molar-refractivity contribution is 0.283. The Kier molecular flexibility index (Phi) is 3.20. The smallest absolute Gasteiger partial charge is 0.153 e. The zero-order valence-corrected chi connectivity index (χ0v) is 12.6. The molecule has 0 aliphatic heterocycles. The van der Waals surface area contributed by atoms with Crippen LogP contribution < -0.4 is 0 Å². The predicted molar refractivity (Wildman–Crippen MR) is 87.7 cm³/mol. The SMILES string of the molecule is Cc1cc(-c2ccc(-c3ccn[nH]3)o2)nc2c(CO)cccc12. The molecule has 114 valence electrons. The molecule has 0 atom stereocenters. The largest absolute Gasteiger partial charge is 0.453 e. The van der Waals surface area contributed by atoms with Crippen molar-refractivity contribution in [2.24, 2.45) is 0 Å². The molecule has 5 heteroatoms. The highest BCUT2D eigenvalue weighted by atomic mass is 16.3. The molecule has 0 unspecified atom stereocenters. The molecule has 4 aromatic rings. The van der Waals surface area contributed by atoms with E-state index in [9.17, 15) is 5.11 Å². The molecule has 0 aliphatic rings. The standard InChI is InChI=1S/C18H15N3O2/c1-11-9-15(20-18-12(10-22)3-2-4-13(11)18)17-6-5-16(23-17)14-7-8-19-21-14/h2-9,22H,10H2,1H3,(H,19,21). The summed E-state index contributed by atoms with van der Waals surface area (Å²) in [5, 5.41) is 17.4. The minimum atomic E-state index is -0.0369. The quantitative estimate of drug-likeness (QED) is 0.605. The molecule has 3 aromatic heterocycles. The van der Waals surface area contributed by atoms with Gasteiger partial charge in [-0.2, -0.15) is 5.10 Å². The first-order valence-corrected chi connectivity index (χ1v) is 7.36. The zero-order chi connectivity index (χ0) is 15.8. The van der Waals surface area contributed by atoms with Crippen LogP contribution in [0.4, 0.5) is 0 Å². The number of aromatic nitrogens is 3. The van der Waals surface area contributed by atoms with E-state index < -0.39 is 0 Å². The van der Waals surface area contributed by atoms with Gasteiger partial charge < -0.3 is 9.52 Å². The van der Waals surface area contributed by atoms with Crippen LogP contribution in [0, 0.1) is 6.92 Å². The van der Waals surface area contributed by atoms with E-state index in [0.717, 1.165) is 33.4 Å². The number of aliphatic hydroxyl groups excluding tert-OH is 1. The Labute approximate surface area is 132 Å². The molecule has 5 nitrogen and oxygen atoms in total. The van der Waals surface area contributed by atoms with E-state index in [2.05, 4.69) is 10.2 Å². The van der Waals surface area contributed by atoms with Crippen LogP contribution in [0.5, 0.6) is 0 Å². The average Bonchev–Trinajstić information content (AvgIpc) is 3.25. The lowest BCUT2D eigenvalue weighted by atomic mass is 10.0. The maximum atomic E-state index is 9.54. The van der Waals surface area contributed by atoms with Crippen LogP contribution in [-0.4, -0.2) is 20.3 Å². The van der Waals surface area contributed by atoms with Gasteiger partial charge in [0.2, 0.25) is 0 Å². The highest BCUT2D eigenvalue weighted by Crippen LogP contribution is 2.30. The number of furan rings is 1. The molecule has 0 saturated carbocycles. The van der Waals surface area contributed by atoms with Crippen molar-refractivity contribution in [1.29, 1.82) is 0 Å². The van der Waals surface area contributed by atoms with Crippen molar-refractivity contribution >= 4 is 10.9 Å². The lowest BCUT2D eigenvalue weighted by Gasteiger charge is -2.08. The second-order valence-corrected chi connectivity index (χ2v) is 5.43. The van der Waals surface area contributed by atoms with Crippen molar-refractivity contribution < 1.29 is 9.52 Å². The third-order valence-corrected chi connectivity index (χ3v) is 3.92. The number of benzene rings is 1. The van der Waals surface area contributed by atoms with Gasteiger partial charge in [0.15, 0.2) is 11.5 Å². The molecule has 0 fully saturated rings. The molecular formula is C18H15N3O2. The molecule has 0 amide bonds. The minimum Gasteiger partial charge on any atom is -0.453 e. The van der Waals surface area contributed by atoms with E-state index in [1.165, 1.54) is 0 Å². The van der Waals surface area contributed by atoms with Gasteiger partial charge in [-0.3, -0.25) is 5.10 Å². The third-order valence-electron chi connectivity index (χ3n) is 3.92. The Hall–Kier alpha value is -2.92. The van der Waals surface area contributed by atoms with Crippen molar-refractivity contribution in [3.05, 3.63) is 59.8 Å². The van der Waals surface area contributed by atoms with E-state index in [-0.39, 0.29) is 6.61 Å². The summed E-state index contributed by atoms with van der Waals surface area (Å²) in [5.74, 6) is 1.40. The van der Waals surface area contributed by atoms with Crippen molar-refractivity contribution in [2.45, 2.75) is 13.5 Å². The first-order valence-electron chi connectivity index (χ1n) is 7.36. The first-order chi connectivity index (χ1) is 11.3. The minimum absolute atomic E-state index is 0.0369. The molecule has 0 spiro atoms. The Balaban J connectivity index is 1.86. The number of aliphatic hydroxyl groups is 1. The summed E-state index contributed by atoms with van der Waals surface area (Å²) in [4.78, 5) is 4.69. The number of fused-ring (bicyclic) bond motifs is 1. The number of hydrogen-bond acceptors (Lipinski definition) is 4. The fraction of sp³-hybridized carbons (Fsp3) is 0.111. The van der Waals surface area contributed by atoms with E-state index in [0.29, 0.717) is 11.5 Å².